The third-order valence-electron chi connectivity index (χ3n) is 4.02. The summed E-state index contributed by atoms with van der Waals surface area (Å²) >= 11 is 0. The highest BCUT2D eigenvalue weighted by Gasteiger charge is 2.12. The first-order chi connectivity index (χ1) is 12.8. The summed E-state index contributed by atoms with van der Waals surface area (Å²) in [6.07, 6.45) is 0.766. The normalized spacial score (nSPS) is 10.7. The molecular formula is C22H31N2O4+. The van der Waals surface area contributed by atoms with Crippen molar-refractivity contribution in [1.29, 1.82) is 0 Å². The van der Waals surface area contributed by atoms with Crippen LogP contribution in [0.2, 0.25) is 0 Å². The third kappa shape index (κ3) is 7.04. The maximum Gasteiger partial charge on any atom is 0.310 e. The van der Waals surface area contributed by atoms with Gasteiger partial charge in [-0.05, 0) is 29.8 Å². The standard InChI is InChI=1S/C21H26N2O4.CH4/c1-23(2,3)17-11-9-16(10-12-17)15-20(24)27-14-6-13-26-19-8-5-4-7-18(19)21(22)25;/h4-5,7-12H,6,13-15H2,1-3H3,(H-,22,25);1H4/p+1. The number of carbonyl (C=O) groups excluding carboxylic acids is 2. The maximum atomic E-state index is 11.9. The minimum atomic E-state index is -0.534. The predicted molar refractivity (Wildman–Crippen MR) is 112 cm³/mol. The molecule has 0 aromatic heterocycles. The van der Waals surface area contributed by atoms with E-state index in [0.29, 0.717) is 24.3 Å². The lowest BCUT2D eigenvalue weighted by atomic mass is 10.1. The Morgan fingerprint density at radius 1 is 0.964 bits per heavy atom. The van der Waals surface area contributed by atoms with Gasteiger partial charge in [0.05, 0.1) is 46.3 Å². The summed E-state index contributed by atoms with van der Waals surface area (Å²) in [5.74, 6) is -0.368. The van der Waals surface area contributed by atoms with Gasteiger partial charge in [0.1, 0.15) is 11.4 Å². The van der Waals surface area contributed by atoms with Crippen molar-refractivity contribution in [3.63, 3.8) is 0 Å². The van der Waals surface area contributed by atoms with E-state index in [1.165, 1.54) is 5.69 Å². The summed E-state index contributed by atoms with van der Waals surface area (Å²) in [6, 6.07) is 14.7. The van der Waals surface area contributed by atoms with E-state index >= 15 is 0 Å². The molecular weight excluding hydrogens is 356 g/mol. The molecule has 0 aliphatic heterocycles. The highest BCUT2D eigenvalue weighted by atomic mass is 16.5. The van der Waals surface area contributed by atoms with Crippen LogP contribution in [0.25, 0.3) is 0 Å². The van der Waals surface area contributed by atoms with Crippen molar-refractivity contribution in [2.75, 3.05) is 34.4 Å². The number of hydrogen-bond donors (Lipinski definition) is 1. The number of ether oxygens (including phenoxy) is 2. The van der Waals surface area contributed by atoms with Crippen LogP contribution in [0.4, 0.5) is 5.69 Å². The highest BCUT2D eigenvalue weighted by Crippen LogP contribution is 2.18. The maximum absolute atomic E-state index is 11.9. The Morgan fingerprint density at radius 3 is 2.21 bits per heavy atom. The summed E-state index contributed by atoms with van der Waals surface area (Å²) in [7, 11) is 6.27. The van der Waals surface area contributed by atoms with Crippen LogP contribution in [0, 0.1) is 0 Å². The summed E-state index contributed by atoms with van der Waals surface area (Å²) < 4.78 is 11.5. The molecule has 6 heteroatoms. The van der Waals surface area contributed by atoms with Crippen LogP contribution >= 0.6 is 0 Å². The molecule has 2 aromatic rings. The van der Waals surface area contributed by atoms with Gasteiger partial charge in [-0.1, -0.05) is 31.7 Å². The molecule has 0 saturated heterocycles. The fraction of sp³-hybridized carbons (Fsp3) is 0.364. The molecule has 2 N–H and O–H groups in total. The predicted octanol–water partition coefficient (Wildman–Crippen LogP) is 3.17. The highest BCUT2D eigenvalue weighted by molar-refractivity contribution is 5.95. The minimum absolute atomic E-state index is 0. The number of primary amides is 1. The number of nitrogens with zero attached hydrogens (tertiary/aromatic N) is 1. The Morgan fingerprint density at radius 2 is 1.61 bits per heavy atom. The molecule has 0 aliphatic carbocycles. The molecule has 1 amide bonds. The number of rotatable bonds is 9. The summed E-state index contributed by atoms with van der Waals surface area (Å²) in [5, 5.41) is 0. The number of esters is 1. The molecule has 0 bridgehead atoms. The average molecular weight is 388 g/mol. The number of nitrogens with two attached hydrogens (primary N) is 1. The van der Waals surface area contributed by atoms with E-state index in [2.05, 4.69) is 21.1 Å². The summed E-state index contributed by atoms with van der Waals surface area (Å²) in [4.78, 5) is 23.3. The smallest absolute Gasteiger partial charge is 0.310 e. The SMILES string of the molecule is C.C[N+](C)(C)c1ccc(CC(=O)OCCCOc2ccccc2C(N)=O)cc1. The summed E-state index contributed by atoms with van der Waals surface area (Å²) in [6.45, 7) is 0.588. The van der Waals surface area contributed by atoms with Crippen LogP contribution < -0.4 is 15.0 Å². The fourth-order valence-corrected chi connectivity index (χ4v) is 2.50. The topological polar surface area (TPSA) is 78.6 Å². The van der Waals surface area contributed by atoms with Crippen molar-refractivity contribution in [2.45, 2.75) is 20.3 Å². The Labute approximate surface area is 167 Å². The number of carbonyl (C=O) groups is 2. The van der Waals surface area contributed by atoms with Gasteiger partial charge in [-0.15, -0.1) is 0 Å². The third-order valence-corrected chi connectivity index (χ3v) is 4.02. The van der Waals surface area contributed by atoms with Crippen molar-refractivity contribution in [3.8, 4) is 5.75 Å². The first-order valence-corrected chi connectivity index (χ1v) is 8.85. The van der Waals surface area contributed by atoms with Crippen molar-refractivity contribution >= 4 is 17.6 Å². The second-order valence-electron chi connectivity index (χ2n) is 7.14. The molecule has 0 aliphatic rings. The van der Waals surface area contributed by atoms with Crippen LogP contribution in [-0.2, 0) is 16.0 Å². The van der Waals surface area contributed by atoms with Crippen LogP contribution in [-0.4, -0.2) is 46.2 Å². The van der Waals surface area contributed by atoms with Crippen LogP contribution in [0.15, 0.2) is 48.5 Å². The van der Waals surface area contributed by atoms with Gasteiger partial charge in [-0.3, -0.25) is 14.1 Å². The quantitative estimate of drug-likeness (QED) is 0.407. The molecule has 0 atom stereocenters. The molecule has 152 valence electrons. The molecule has 0 unspecified atom stereocenters. The minimum Gasteiger partial charge on any atom is -0.493 e. The Bertz CT molecular complexity index is 780. The van der Waals surface area contributed by atoms with Crippen LogP contribution in [0.3, 0.4) is 0 Å². The molecule has 0 radical (unpaired) electrons. The fourth-order valence-electron chi connectivity index (χ4n) is 2.50. The van der Waals surface area contributed by atoms with Crippen molar-refractivity contribution in [3.05, 3.63) is 59.7 Å². The lowest BCUT2D eigenvalue weighted by Crippen LogP contribution is -2.34. The van der Waals surface area contributed by atoms with Crippen LogP contribution in [0.5, 0.6) is 5.75 Å². The van der Waals surface area contributed by atoms with E-state index in [9.17, 15) is 9.59 Å². The zero-order valence-electron chi connectivity index (χ0n) is 16.1. The van der Waals surface area contributed by atoms with Crippen molar-refractivity contribution < 1.29 is 19.1 Å². The molecule has 2 aromatic carbocycles. The zero-order chi connectivity index (χ0) is 19.9. The first-order valence-electron chi connectivity index (χ1n) is 8.85. The van der Waals surface area contributed by atoms with Gasteiger partial charge in [0.2, 0.25) is 0 Å². The van der Waals surface area contributed by atoms with E-state index in [1.807, 2.05) is 24.3 Å². The van der Waals surface area contributed by atoms with E-state index in [-0.39, 0.29) is 26.4 Å². The van der Waals surface area contributed by atoms with E-state index < -0.39 is 5.91 Å². The van der Waals surface area contributed by atoms with Gasteiger partial charge in [0, 0.05) is 6.42 Å². The molecule has 0 fully saturated rings. The number of para-hydroxylation sites is 1. The zero-order valence-corrected chi connectivity index (χ0v) is 16.1. The molecule has 0 spiro atoms. The molecule has 6 nitrogen and oxygen atoms in total. The van der Waals surface area contributed by atoms with Crippen molar-refractivity contribution in [2.24, 2.45) is 5.73 Å². The molecule has 0 saturated carbocycles. The van der Waals surface area contributed by atoms with E-state index in [0.717, 1.165) is 10.0 Å². The number of amides is 1. The van der Waals surface area contributed by atoms with Crippen LogP contribution in [0.1, 0.15) is 29.8 Å². The summed E-state index contributed by atoms with van der Waals surface area (Å²) in [5.41, 5.74) is 7.73. The number of quaternary nitrogens is 1. The molecule has 2 rings (SSSR count). The van der Waals surface area contributed by atoms with E-state index in [1.54, 1.807) is 24.3 Å². The lowest BCUT2D eigenvalue weighted by Gasteiger charge is -2.23. The number of hydrogen-bond acceptors (Lipinski definition) is 4. The van der Waals surface area contributed by atoms with Gasteiger partial charge in [0.15, 0.2) is 0 Å². The van der Waals surface area contributed by atoms with Gasteiger partial charge < -0.3 is 15.2 Å². The molecule has 28 heavy (non-hydrogen) atoms. The second kappa shape index (κ2) is 10.5. The Kier molecular flexibility index (Phi) is 8.67. The van der Waals surface area contributed by atoms with Gasteiger partial charge in [0.25, 0.3) is 5.91 Å². The largest absolute Gasteiger partial charge is 0.493 e. The monoisotopic (exact) mass is 387 g/mol. The lowest BCUT2D eigenvalue weighted by molar-refractivity contribution is -0.143. The Balaban J connectivity index is 0.00000392. The Hall–Kier alpha value is -2.86. The van der Waals surface area contributed by atoms with Gasteiger partial charge in [-0.25, -0.2) is 0 Å². The molecule has 0 heterocycles. The average Bonchev–Trinajstić information content (AvgIpc) is 2.61. The van der Waals surface area contributed by atoms with E-state index in [4.69, 9.17) is 15.2 Å². The second-order valence-corrected chi connectivity index (χ2v) is 7.14. The van der Waals surface area contributed by atoms with Crippen molar-refractivity contribution in [1.82, 2.24) is 4.48 Å². The number of benzene rings is 2. The van der Waals surface area contributed by atoms with Gasteiger partial charge in [-0.2, -0.15) is 0 Å². The first kappa shape index (κ1) is 23.2. The van der Waals surface area contributed by atoms with Gasteiger partial charge >= 0.3 is 5.97 Å².